The van der Waals surface area contributed by atoms with Gasteiger partial charge >= 0.3 is 0 Å². The van der Waals surface area contributed by atoms with Gasteiger partial charge in [0.15, 0.2) is 0 Å². The minimum absolute atomic E-state index is 0.212. The Balaban J connectivity index is 2.29. The lowest BCUT2D eigenvalue weighted by molar-refractivity contribution is 0.276. The fraction of sp³-hybridized carbons (Fsp3) is 0.0769. The first kappa shape index (κ1) is 11.9. The maximum absolute atomic E-state index is 12.7. The molecule has 0 unspecified atom stereocenters. The van der Waals surface area contributed by atoms with Gasteiger partial charge in [-0.2, -0.15) is 0 Å². The predicted molar refractivity (Wildman–Crippen MR) is 63.8 cm³/mol. The molecule has 0 spiro atoms. The van der Waals surface area contributed by atoms with Crippen molar-refractivity contribution in [3.05, 3.63) is 58.9 Å². The highest BCUT2D eigenvalue weighted by atomic mass is 35.5. The molecular formula is C13H10ClFO2. The zero-order chi connectivity index (χ0) is 12.3. The van der Waals surface area contributed by atoms with Crippen molar-refractivity contribution < 1.29 is 14.2 Å². The largest absolute Gasteiger partial charge is 0.457 e. The molecule has 0 atom stereocenters. The number of ether oxygens (including phenoxy) is 1. The number of hydrogen-bond donors (Lipinski definition) is 1. The van der Waals surface area contributed by atoms with Gasteiger partial charge < -0.3 is 9.84 Å². The number of hydrogen-bond acceptors (Lipinski definition) is 2. The second-order valence-corrected chi connectivity index (χ2v) is 3.84. The molecule has 0 saturated carbocycles. The van der Waals surface area contributed by atoms with Gasteiger partial charge in [-0.1, -0.05) is 17.7 Å². The quantitative estimate of drug-likeness (QED) is 0.901. The number of rotatable bonds is 3. The molecule has 0 fully saturated rings. The van der Waals surface area contributed by atoms with Gasteiger partial charge in [0.1, 0.15) is 17.3 Å². The third-order valence-electron chi connectivity index (χ3n) is 2.28. The Morgan fingerprint density at radius 2 is 1.82 bits per heavy atom. The van der Waals surface area contributed by atoms with Gasteiger partial charge in [-0.3, -0.25) is 0 Å². The molecule has 0 bridgehead atoms. The maximum Gasteiger partial charge on any atom is 0.134 e. The standard InChI is InChI=1S/C13H10ClFO2/c14-12-2-1-3-13(11(12)8-16)17-10-6-4-9(15)5-7-10/h1-7,16H,8H2. The van der Waals surface area contributed by atoms with Crippen LogP contribution in [0.3, 0.4) is 0 Å². The van der Waals surface area contributed by atoms with Crippen molar-refractivity contribution in [2.75, 3.05) is 0 Å². The van der Waals surface area contributed by atoms with E-state index < -0.39 is 0 Å². The summed E-state index contributed by atoms with van der Waals surface area (Å²) < 4.78 is 18.2. The highest BCUT2D eigenvalue weighted by Gasteiger charge is 2.07. The Hall–Kier alpha value is -1.58. The number of aliphatic hydroxyl groups is 1. The summed E-state index contributed by atoms with van der Waals surface area (Å²) in [5, 5.41) is 9.63. The van der Waals surface area contributed by atoms with Gasteiger partial charge in [-0.15, -0.1) is 0 Å². The van der Waals surface area contributed by atoms with Crippen LogP contribution in [0.1, 0.15) is 5.56 Å². The van der Waals surface area contributed by atoms with E-state index in [2.05, 4.69) is 0 Å². The van der Waals surface area contributed by atoms with Crippen molar-refractivity contribution in [2.45, 2.75) is 6.61 Å². The van der Waals surface area contributed by atoms with E-state index in [1.54, 1.807) is 18.2 Å². The molecule has 2 aromatic carbocycles. The Morgan fingerprint density at radius 1 is 1.12 bits per heavy atom. The monoisotopic (exact) mass is 252 g/mol. The molecule has 2 nitrogen and oxygen atoms in total. The molecule has 0 aliphatic carbocycles. The summed E-state index contributed by atoms with van der Waals surface area (Å²) in [5.74, 6) is 0.626. The summed E-state index contributed by atoms with van der Waals surface area (Å²) in [6.45, 7) is -0.212. The summed E-state index contributed by atoms with van der Waals surface area (Å²) in [6, 6.07) is 10.7. The van der Waals surface area contributed by atoms with Crippen LogP contribution < -0.4 is 4.74 Å². The molecule has 0 radical (unpaired) electrons. The van der Waals surface area contributed by atoms with Crippen LogP contribution in [0.4, 0.5) is 4.39 Å². The van der Waals surface area contributed by atoms with E-state index in [1.165, 1.54) is 24.3 Å². The fourth-order valence-electron chi connectivity index (χ4n) is 1.42. The average molecular weight is 253 g/mol. The topological polar surface area (TPSA) is 29.5 Å². The van der Waals surface area contributed by atoms with Gasteiger partial charge in [-0.05, 0) is 36.4 Å². The van der Waals surface area contributed by atoms with Crippen LogP contribution in [-0.4, -0.2) is 5.11 Å². The van der Waals surface area contributed by atoms with Crippen LogP contribution in [0.15, 0.2) is 42.5 Å². The Kier molecular flexibility index (Phi) is 3.61. The lowest BCUT2D eigenvalue weighted by Gasteiger charge is -2.10. The fourth-order valence-corrected chi connectivity index (χ4v) is 1.64. The summed E-state index contributed by atoms with van der Waals surface area (Å²) in [5.41, 5.74) is 0.512. The first-order chi connectivity index (χ1) is 8.20. The van der Waals surface area contributed by atoms with Gasteiger partial charge in [0.2, 0.25) is 0 Å². The normalized spacial score (nSPS) is 10.3. The number of halogens is 2. The lowest BCUT2D eigenvalue weighted by atomic mass is 10.2. The SMILES string of the molecule is OCc1c(Cl)cccc1Oc1ccc(F)cc1. The van der Waals surface area contributed by atoms with Crippen LogP contribution in [-0.2, 0) is 6.61 Å². The second kappa shape index (κ2) is 5.17. The number of benzene rings is 2. The Morgan fingerprint density at radius 3 is 2.47 bits per heavy atom. The first-order valence-electron chi connectivity index (χ1n) is 5.02. The van der Waals surface area contributed by atoms with E-state index in [1.807, 2.05) is 0 Å². The smallest absolute Gasteiger partial charge is 0.134 e. The van der Waals surface area contributed by atoms with E-state index in [-0.39, 0.29) is 12.4 Å². The van der Waals surface area contributed by atoms with Crippen LogP contribution in [0.2, 0.25) is 5.02 Å². The van der Waals surface area contributed by atoms with E-state index in [0.29, 0.717) is 22.1 Å². The molecule has 0 amide bonds. The van der Waals surface area contributed by atoms with Crippen molar-refractivity contribution in [1.29, 1.82) is 0 Å². The van der Waals surface area contributed by atoms with Crippen molar-refractivity contribution in [3.63, 3.8) is 0 Å². The zero-order valence-corrected chi connectivity index (χ0v) is 9.62. The molecule has 4 heteroatoms. The highest BCUT2D eigenvalue weighted by molar-refractivity contribution is 6.31. The Bertz CT molecular complexity index is 511. The molecule has 1 N–H and O–H groups in total. The second-order valence-electron chi connectivity index (χ2n) is 3.43. The molecule has 0 aromatic heterocycles. The molecule has 2 rings (SSSR count). The van der Waals surface area contributed by atoms with E-state index >= 15 is 0 Å². The molecule has 2 aromatic rings. The van der Waals surface area contributed by atoms with E-state index in [9.17, 15) is 9.50 Å². The Labute approximate surface area is 103 Å². The molecule has 0 aliphatic heterocycles. The first-order valence-corrected chi connectivity index (χ1v) is 5.40. The molecule has 88 valence electrons. The molecular weight excluding hydrogens is 243 g/mol. The van der Waals surface area contributed by atoms with E-state index in [0.717, 1.165) is 0 Å². The van der Waals surface area contributed by atoms with Crippen molar-refractivity contribution in [1.82, 2.24) is 0 Å². The van der Waals surface area contributed by atoms with Crippen LogP contribution in [0, 0.1) is 5.82 Å². The van der Waals surface area contributed by atoms with E-state index in [4.69, 9.17) is 16.3 Å². The van der Waals surface area contributed by atoms with Crippen LogP contribution in [0.5, 0.6) is 11.5 Å². The number of aliphatic hydroxyl groups excluding tert-OH is 1. The predicted octanol–water partition coefficient (Wildman–Crippen LogP) is 3.76. The van der Waals surface area contributed by atoms with Crippen LogP contribution >= 0.6 is 11.6 Å². The summed E-state index contributed by atoms with van der Waals surface area (Å²) in [6.07, 6.45) is 0. The molecule has 0 heterocycles. The molecule has 0 saturated heterocycles. The van der Waals surface area contributed by atoms with Crippen molar-refractivity contribution in [3.8, 4) is 11.5 Å². The van der Waals surface area contributed by atoms with Crippen molar-refractivity contribution >= 4 is 11.6 Å². The van der Waals surface area contributed by atoms with Gasteiger partial charge in [0.05, 0.1) is 6.61 Å². The van der Waals surface area contributed by atoms with Gasteiger partial charge in [0.25, 0.3) is 0 Å². The maximum atomic E-state index is 12.7. The average Bonchev–Trinajstić information content (AvgIpc) is 2.32. The third-order valence-corrected chi connectivity index (χ3v) is 2.63. The summed E-state index contributed by atoms with van der Waals surface area (Å²) in [7, 11) is 0. The minimum Gasteiger partial charge on any atom is -0.457 e. The van der Waals surface area contributed by atoms with Crippen LogP contribution in [0.25, 0.3) is 0 Å². The lowest BCUT2D eigenvalue weighted by Crippen LogP contribution is -1.92. The zero-order valence-electron chi connectivity index (χ0n) is 8.86. The highest BCUT2D eigenvalue weighted by Crippen LogP contribution is 2.30. The summed E-state index contributed by atoms with van der Waals surface area (Å²) >= 11 is 5.92. The van der Waals surface area contributed by atoms with Gasteiger partial charge in [-0.25, -0.2) is 4.39 Å². The third kappa shape index (κ3) is 2.75. The van der Waals surface area contributed by atoms with Crippen molar-refractivity contribution in [2.24, 2.45) is 0 Å². The molecule has 17 heavy (non-hydrogen) atoms. The minimum atomic E-state index is -0.328. The molecule has 0 aliphatic rings. The summed E-state index contributed by atoms with van der Waals surface area (Å²) in [4.78, 5) is 0. The van der Waals surface area contributed by atoms with Gasteiger partial charge in [0, 0.05) is 10.6 Å².